The lowest BCUT2D eigenvalue weighted by Crippen LogP contribution is -2.23. The van der Waals surface area contributed by atoms with Gasteiger partial charge in [-0.05, 0) is 25.8 Å². The third kappa shape index (κ3) is 2.45. The van der Waals surface area contributed by atoms with Gasteiger partial charge in [-0.2, -0.15) is 0 Å². The summed E-state index contributed by atoms with van der Waals surface area (Å²) in [6, 6.07) is 7.84. The van der Waals surface area contributed by atoms with Crippen molar-refractivity contribution in [1.29, 1.82) is 0 Å². The summed E-state index contributed by atoms with van der Waals surface area (Å²) in [4.78, 5) is 12.1. The van der Waals surface area contributed by atoms with Crippen LogP contribution in [0, 0.1) is 12.8 Å². The summed E-state index contributed by atoms with van der Waals surface area (Å²) >= 11 is 0. The number of benzene rings is 1. The van der Waals surface area contributed by atoms with Crippen LogP contribution in [-0.4, -0.2) is 19.0 Å². The van der Waals surface area contributed by atoms with Crippen LogP contribution in [0.15, 0.2) is 24.3 Å². The van der Waals surface area contributed by atoms with Gasteiger partial charge in [-0.25, -0.2) is 0 Å². The summed E-state index contributed by atoms with van der Waals surface area (Å²) in [5.74, 6) is 0.447. The first-order valence-corrected chi connectivity index (χ1v) is 5.46. The van der Waals surface area contributed by atoms with Crippen LogP contribution in [0.4, 0.5) is 0 Å². The standard InChI is InChI=1S/C13H16O2/c1-10-3-2-4-12(9-10)13(14)11-5-7-15-8-6-11/h2-4,9,11H,5-8H2,1H3. The Labute approximate surface area is 90.3 Å². The Morgan fingerprint density at radius 2 is 2.07 bits per heavy atom. The summed E-state index contributed by atoms with van der Waals surface area (Å²) in [6.45, 7) is 3.46. The molecule has 0 aliphatic carbocycles. The van der Waals surface area contributed by atoms with E-state index in [1.165, 1.54) is 0 Å². The van der Waals surface area contributed by atoms with E-state index >= 15 is 0 Å². The van der Waals surface area contributed by atoms with Gasteiger partial charge in [0.15, 0.2) is 5.78 Å². The molecule has 1 aromatic carbocycles. The Morgan fingerprint density at radius 3 is 2.73 bits per heavy atom. The summed E-state index contributed by atoms with van der Waals surface area (Å²) in [6.07, 6.45) is 1.74. The van der Waals surface area contributed by atoms with Gasteiger partial charge in [0.25, 0.3) is 0 Å². The molecular formula is C13H16O2. The van der Waals surface area contributed by atoms with Gasteiger partial charge in [0.1, 0.15) is 0 Å². The van der Waals surface area contributed by atoms with Crippen molar-refractivity contribution in [3.8, 4) is 0 Å². The third-order valence-electron chi connectivity index (χ3n) is 2.89. The molecule has 15 heavy (non-hydrogen) atoms. The molecule has 1 fully saturated rings. The van der Waals surface area contributed by atoms with E-state index in [-0.39, 0.29) is 11.7 Å². The van der Waals surface area contributed by atoms with E-state index in [4.69, 9.17) is 4.74 Å². The third-order valence-corrected chi connectivity index (χ3v) is 2.89. The SMILES string of the molecule is Cc1cccc(C(=O)C2CCOCC2)c1. The predicted octanol–water partition coefficient (Wildman–Crippen LogP) is 2.60. The Balaban J connectivity index is 2.12. The molecule has 80 valence electrons. The number of aryl methyl sites for hydroxylation is 1. The Hall–Kier alpha value is -1.15. The summed E-state index contributed by atoms with van der Waals surface area (Å²) < 4.78 is 5.26. The van der Waals surface area contributed by atoms with Crippen molar-refractivity contribution in [1.82, 2.24) is 0 Å². The highest BCUT2D eigenvalue weighted by Crippen LogP contribution is 2.20. The van der Waals surface area contributed by atoms with E-state index in [0.717, 1.165) is 37.2 Å². The fourth-order valence-corrected chi connectivity index (χ4v) is 1.99. The smallest absolute Gasteiger partial charge is 0.166 e. The first-order valence-electron chi connectivity index (χ1n) is 5.46. The van der Waals surface area contributed by atoms with Gasteiger partial charge in [0.2, 0.25) is 0 Å². The largest absolute Gasteiger partial charge is 0.381 e. The minimum atomic E-state index is 0.167. The number of Topliss-reactive ketones (excluding diaryl/α,β-unsaturated/α-hetero) is 1. The average molecular weight is 204 g/mol. The van der Waals surface area contributed by atoms with Crippen LogP contribution >= 0.6 is 0 Å². The molecule has 0 unspecified atom stereocenters. The van der Waals surface area contributed by atoms with Crippen molar-refractivity contribution in [3.05, 3.63) is 35.4 Å². The zero-order chi connectivity index (χ0) is 10.7. The topological polar surface area (TPSA) is 26.3 Å². The highest BCUT2D eigenvalue weighted by atomic mass is 16.5. The molecule has 0 aromatic heterocycles. The van der Waals surface area contributed by atoms with Gasteiger partial charge in [0, 0.05) is 24.7 Å². The van der Waals surface area contributed by atoms with E-state index in [9.17, 15) is 4.79 Å². The minimum absolute atomic E-state index is 0.167. The molecule has 1 aliphatic rings. The first kappa shape index (κ1) is 10.4. The first-order chi connectivity index (χ1) is 7.27. The molecule has 0 spiro atoms. The second-order valence-electron chi connectivity index (χ2n) is 4.12. The van der Waals surface area contributed by atoms with Crippen molar-refractivity contribution in [2.75, 3.05) is 13.2 Å². The Morgan fingerprint density at radius 1 is 1.33 bits per heavy atom. The van der Waals surface area contributed by atoms with Gasteiger partial charge < -0.3 is 4.74 Å². The molecule has 1 saturated heterocycles. The highest BCUT2D eigenvalue weighted by molar-refractivity contribution is 5.98. The van der Waals surface area contributed by atoms with Crippen molar-refractivity contribution >= 4 is 5.78 Å². The number of hydrogen-bond donors (Lipinski definition) is 0. The van der Waals surface area contributed by atoms with Crippen molar-refractivity contribution in [2.45, 2.75) is 19.8 Å². The van der Waals surface area contributed by atoms with Crippen molar-refractivity contribution in [3.63, 3.8) is 0 Å². The molecule has 2 nitrogen and oxygen atoms in total. The van der Waals surface area contributed by atoms with Crippen molar-refractivity contribution < 1.29 is 9.53 Å². The normalized spacial score (nSPS) is 17.7. The molecule has 2 rings (SSSR count). The average Bonchev–Trinajstić information content (AvgIpc) is 2.29. The van der Waals surface area contributed by atoms with Gasteiger partial charge >= 0.3 is 0 Å². The highest BCUT2D eigenvalue weighted by Gasteiger charge is 2.22. The van der Waals surface area contributed by atoms with E-state index in [1.54, 1.807) is 0 Å². The maximum Gasteiger partial charge on any atom is 0.166 e. The summed E-state index contributed by atoms with van der Waals surface area (Å²) in [5.41, 5.74) is 2.00. The van der Waals surface area contributed by atoms with E-state index in [2.05, 4.69) is 0 Å². The van der Waals surface area contributed by atoms with Crippen LogP contribution < -0.4 is 0 Å². The number of carbonyl (C=O) groups excluding carboxylic acids is 1. The van der Waals surface area contributed by atoms with Crippen LogP contribution in [0.5, 0.6) is 0 Å². The fraction of sp³-hybridized carbons (Fsp3) is 0.462. The maximum atomic E-state index is 12.1. The molecule has 2 heteroatoms. The quantitative estimate of drug-likeness (QED) is 0.692. The van der Waals surface area contributed by atoms with Crippen LogP contribution in [-0.2, 0) is 4.74 Å². The summed E-state index contributed by atoms with van der Waals surface area (Å²) in [7, 11) is 0. The molecule has 0 atom stereocenters. The van der Waals surface area contributed by atoms with Crippen LogP contribution in [0.25, 0.3) is 0 Å². The maximum absolute atomic E-state index is 12.1. The minimum Gasteiger partial charge on any atom is -0.381 e. The molecule has 0 bridgehead atoms. The molecule has 1 heterocycles. The van der Waals surface area contributed by atoms with Gasteiger partial charge in [-0.3, -0.25) is 4.79 Å². The molecule has 0 saturated carbocycles. The van der Waals surface area contributed by atoms with Crippen LogP contribution in [0.1, 0.15) is 28.8 Å². The van der Waals surface area contributed by atoms with E-state index < -0.39 is 0 Å². The number of hydrogen-bond acceptors (Lipinski definition) is 2. The number of carbonyl (C=O) groups is 1. The van der Waals surface area contributed by atoms with Crippen molar-refractivity contribution in [2.24, 2.45) is 5.92 Å². The molecule has 1 aromatic rings. The zero-order valence-corrected chi connectivity index (χ0v) is 9.03. The molecule has 0 radical (unpaired) electrons. The molecule has 0 amide bonds. The van der Waals surface area contributed by atoms with Crippen LogP contribution in [0.3, 0.4) is 0 Å². The number of rotatable bonds is 2. The van der Waals surface area contributed by atoms with E-state index in [1.807, 2.05) is 31.2 Å². The Kier molecular flexibility index (Phi) is 3.17. The predicted molar refractivity (Wildman–Crippen MR) is 59.1 cm³/mol. The van der Waals surface area contributed by atoms with E-state index in [0.29, 0.717) is 0 Å². The Bertz CT molecular complexity index is 351. The van der Waals surface area contributed by atoms with Gasteiger partial charge in [-0.15, -0.1) is 0 Å². The lowest BCUT2D eigenvalue weighted by atomic mass is 9.90. The fourth-order valence-electron chi connectivity index (χ4n) is 1.99. The molecule has 0 N–H and O–H groups in total. The lowest BCUT2D eigenvalue weighted by molar-refractivity contribution is 0.0545. The summed E-state index contributed by atoms with van der Waals surface area (Å²) in [5, 5.41) is 0. The lowest BCUT2D eigenvalue weighted by Gasteiger charge is -2.20. The second kappa shape index (κ2) is 4.58. The van der Waals surface area contributed by atoms with Gasteiger partial charge in [-0.1, -0.05) is 23.8 Å². The molecular weight excluding hydrogens is 188 g/mol. The monoisotopic (exact) mass is 204 g/mol. The zero-order valence-electron chi connectivity index (χ0n) is 9.03. The number of ketones is 1. The number of ether oxygens (including phenoxy) is 1. The molecule has 1 aliphatic heterocycles. The van der Waals surface area contributed by atoms with Gasteiger partial charge in [0.05, 0.1) is 0 Å². The second-order valence-corrected chi connectivity index (χ2v) is 4.12. The van der Waals surface area contributed by atoms with Crippen LogP contribution in [0.2, 0.25) is 0 Å².